The van der Waals surface area contributed by atoms with Crippen LogP contribution in [0.25, 0.3) is 5.70 Å². The van der Waals surface area contributed by atoms with Crippen molar-refractivity contribution < 1.29 is 4.74 Å². The van der Waals surface area contributed by atoms with Gasteiger partial charge in [0.25, 0.3) is 0 Å². The van der Waals surface area contributed by atoms with E-state index in [1.54, 1.807) is 7.11 Å². The number of hydrogen-bond donors (Lipinski definition) is 1. The van der Waals surface area contributed by atoms with Gasteiger partial charge in [-0.3, -0.25) is 0 Å². The first-order chi connectivity index (χ1) is 14.1. The lowest BCUT2D eigenvalue weighted by atomic mass is 10.1. The Bertz CT molecular complexity index is 897. The van der Waals surface area contributed by atoms with Gasteiger partial charge in [-0.2, -0.15) is 0 Å². The van der Waals surface area contributed by atoms with Crippen LogP contribution in [0, 0.1) is 0 Å². The second kappa shape index (κ2) is 8.29. The topological polar surface area (TPSA) is 40.1 Å². The lowest BCUT2D eigenvalue weighted by Crippen LogP contribution is -2.53. The summed E-state index contributed by atoms with van der Waals surface area (Å²) in [6.45, 7) is 8.69. The standard InChI is InChI=1S/C24H30N4O/c1-5-6-20-13-23(19-7-10-22(29-4)11-8-19)26-24-12-9-21(16-28(20)24)27-14-17(2)25-18(3)15-27/h6-13,16-18,25H,5,14-15H2,1-4H3/b20-6-/t17-,18?/m0/s1. The molecule has 5 nitrogen and oxygen atoms in total. The molecule has 0 aliphatic carbocycles. The first kappa shape index (κ1) is 19.5. The summed E-state index contributed by atoms with van der Waals surface area (Å²) in [5.74, 6) is 1.81. The van der Waals surface area contributed by atoms with Crippen molar-refractivity contribution in [2.24, 2.45) is 4.99 Å². The van der Waals surface area contributed by atoms with Crippen molar-refractivity contribution in [3.8, 4) is 5.75 Å². The smallest absolute Gasteiger partial charge is 0.137 e. The van der Waals surface area contributed by atoms with Gasteiger partial charge < -0.3 is 19.9 Å². The highest BCUT2D eigenvalue weighted by Crippen LogP contribution is 2.30. The molecule has 152 valence electrons. The number of ether oxygens (including phenoxy) is 1. The SMILES string of the molecule is CC/C=C1/C=C(c2ccc(OC)cc2)N=C2C=CC(N3CC(C)N[C@@H](C)C3)=CN21. The lowest BCUT2D eigenvalue weighted by molar-refractivity contribution is 0.218. The van der Waals surface area contributed by atoms with Crippen molar-refractivity contribution >= 4 is 11.5 Å². The molecule has 0 bridgehead atoms. The fourth-order valence-electron chi connectivity index (χ4n) is 4.15. The zero-order valence-corrected chi connectivity index (χ0v) is 17.7. The van der Waals surface area contributed by atoms with Crippen molar-refractivity contribution in [2.45, 2.75) is 39.3 Å². The molecule has 1 fully saturated rings. The summed E-state index contributed by atoms with van der Waals surface area (Å²) < 4.78 is 5.28. The molecule has 0 radical (unpaired) electrons. The van der Waals surface area contributed by atoms with Gasteiger partial charge in [0.15, 0.2) is 0 Å². The van der Waals surface area contributed by atoms with Gasteiger partial charge in [0.1, 0.15) is 11.6 Å². The summed E-state index contributed by atoms with van der Waals surface area (Å²) in [4.78, 5) is 9.61. The highest BCUT2D eigenvalue weighted by atomic mass is 16.5. The van der Waals surface area contributed by atoms with Gasteiger partial charge in [-0.05, 0) is 62.8 Å². The van der Waals surface area contributed by atoms with E-state index in [2.05, 4.69) is 78.5 Å². The van der Waals surface area contributed by atoms with Gasteiger partial charge in [-0.15, -0.1) is 0 Å². The molecule has 1 aromatic rings. The van der Waals surface area contributed by atoms with Crippen molar-refractivity contribution in [1.29, 1.82) is 0 Å². The van der Waals surface area contributed by atoms with Gasteiger partial charge in [-0.25, -0.2) is 4.99 Å². The van der Waals surface area contributed by atoms with Crippen LogP contribution >= 0.6 is 0 Å². The first-order valence-corrected chi connectivity index (χ1v) is 10.4. The number of aliphatic imine (C=N–C) groups is 1. The third-order valence-corrected chi connectivity index (χ3v) is 5.43. The van der Waals surface area contributed by atoms with E-state index in [9.17, 15) is 0 Å². The molecule has 0 spiro atoms. The number of nitrogens with one attached hydrogen (secondary N) is 1. The highest BCUT2D eigenvalue weighted by molar-refractivity contribution is 6.02. The second-order valence-corrected chi connectivity index (χ2v) is 7.90. The molecule has 5 heteroatoms. The maximum Gasteiger partial charge on any atom is 0.137 e. The van der Waals surface area contributed by atoms with Crippen LogP contribution in [0.1, 0.15) is 32.8 Å². The Hall–Kier alpha value is -2.79. The van der Waals surface area contributed by atoms with Crippen LogP contribution in [0.5, 0.6) is 5.75 Å². The van der Waals surface area contributed by atoms with Crippen LogP contribution in [0.4, 0.5) is 0 Å². The van der Waals surface area contributed by atoms with E-state index in [-0.39, 0.29) is 0 Å². The maximum absolute atomic E-state index is 5.28. The predicted molar refractivity (Wildman–Crippen MR) is 119 cm³/mol. The predicted octanol–water partition coefficient (Wildman–Crippen LogP) is 4.14. The normalized spacial score (nSPS) is 25.4. The molecule has 0 amide bonds. The minimum atomic E-state index is 0.483. The van der Waals surface area contributed by atoms with E-state index in [1.165, 1.54) is 11.4 Å². The molecule has 0 aromatic heterocycles. The molecule has 1 saturated heterocycles. The summed E-state index contributed by atoms with van der Waals surface area (Å²) in [6.07, 6.45) is 12.0. The zero-order chi connectivity index (χ0) is 20.4. The van der Waals surface area contributed by atoms with Gasteiger partial charge in [0.05, 0.1) is 18.5 Å². The molecule has 3 aliphatic rings. The highest BCUT2D eigenvalue weighted by Gasteiger charge is 2.26. The number of fused-ring (bicyclic) bond motifs is 1. The number of benzene rings is 1. The second-order valence-electron chi connectivity index (χ2n) is 7.90. The molecular formula is C24H30N4O. The van der Waals surface area contributed by atoms with Gasteiger partial charge in [0, 0.05) is 42.6 Å². The zero-order valence-electron chi connectivity index (χ0n) is 17.7. The Morgan fingerprint density at radius 1 is 1.14 bits per heavy atom. The Labute approximate surface area is 173 Å². The molecule has 1 unspecified atom stereocenters. The van der Waals surface area contributed by atoms with Crippen LogP contribution in [0.15, 0.2) is 71.2 Å². The largest absolute Gasteiger partial charge is 0.497 e. The van der Waals surface area contributed by atoms with Crippen molar-refractivity contribution in [2.75, 3.05) is 20.2 Å². The fourth-order valence-corrected chi connectivity index (χ4v) is 4.15. The van der Waals surface area contributed by atoms with Gasteiger partial charge in [0.2, 0.25) is 0 Å². The number of nitrogens with zero attached hydrogens (tertiary/aromatic N) is 3. The van der Waals surface area contributed by atoms with E-state index >= 15 is 0 Å². The third kappa shape index (κ3) is 4.15. The Morgan fingerprint density at radius 2 is 1.86 bits per heavy atom. The lowest BCUT2D eigenvalue weighted by Gasteiger charge is -2.40. The summed E-state index contributed by atoms with van der Waals surface area (Å²) in [6, 6.07) is 9.05. The fraction of sp³-hybridized carbons (Fsp3) is 0.375. The molecule has 3 aliphatic heterocycles. The van der Waals surface area contributed by atoms with E-state index in [4.69, 9.17) is 9.73 Å². The average molecular weight is 391 g/mol. The quantitative estimate of drug-likeness (QED) is 0.839. The third-order valence-electron chi connectivity index (χ3n) is 5.43. The van der Waals surface area contributed by atoms with Crippen LogP contribution in [0.3, 0.4) is 0 Å². The van der Waals surface area contributed by atoms with E-state index in [0.29, 0.717) is 12.1 Å². The van der Waals surface area contributed by atoms with E-state index in [0.717, 1.165) is 42.4 Å². The monoisotopic (exact) mass is 390 g/mol. The Morgan fingerprint density at radius 3 is 2.52 bits per heavy atom. The molecule has 29 heavy (non-hydrogen) atoms. The summed E-state index contributed by atoms with van der Waals surface area (Å²) in [5, 5.41) is 3.61. The number of hydrogen-bond acceptors (Lipinski definition) is 5. The number of methoxy groups -OCH3 is 1. The number of rotatable bonds is 4. The van der Waals surface area contributed by atoms with E-state index < -0.39 is 0 Å². The summed E-state index contributed by atoms with van der Waals surface area (Å²) in [7, 11) is 1.69. The minimum Gasteiger partial charge on any atom is -0.497 e. The molecular weight excluding hydrogens is 360 g/mol. The van der Waals surface area contributed by atoms with Crippen LogP contribution in [-0.4, -0.2) is 47.9 Å². The van der Waals surface area contributed by atoms with Crippen LogP contribution in [0.2, 0.25) is 0 Å². The molecule has 0 saturated carbocycles. The van der Waals surface area contributed by atoms with E-state index in [1.807, 2.05) is 12.1 Å². The van der Waals surface area contributed by atoms with Crippen molar-refractivity contribution in [3.05, 3.63) is 71.7 Å². The maximum atomic E-state index is 5.28. The van der Waals surface area contributed by atoms with Crippen LogP contribution < -0.4 is 10.1 Å². The van der Waals surface area contributed by atoms with Gasteiger partial charge >= 0.3 is 0 Å². The van der Waals surface area contributed by atoms with Gasteiger partial charge in [-0.1, -0.05) is 13.0 Å². The summed E-state index contributed by atoms with van der Waals surface area (Å²) >= 11 is 0. The molecule has 2 atom stereocenters. The van der Waals surface area contributed by atoms with Crippen molar-refractivity contribution in [3.63, 3.8) is 0 Å². The Balaban J connectivity index is 1.63. The van der Waals surface area contributed by atoms with Crippen molar-refractivity contribution in [1.82, 2.24) is 15.1 Å². The average Bonchev–Trinajstić information content (AvgIpc) is 2.73. The minimum absolute atomic E-state index is 0.483. The first-order valence-electron chi connectivity index (χ1n) is 10.4. The molecule has 1 N–H and O–H groups in total. The van der Waals surface area contributed by atoms with Crippen LogP contribution in [-0.2, 0) is 0 Å². The Kier molecular flexibility index (Phi) is 5.58. The number of piperazine rings is 1. The molecule has 3 heterocycles. The number of allylic oxidation sites excluding steroid dienone is 3. The summed E-state index contributed by atoms with van der Waals surface area (Å²) in [5.41, 5.74) is 4.48. The number of amidine groups is 1. The molecule has 4 rings (SSSR count). The molecule has 1 aromatic carbocycles.